The number of benzene rings is 2. The standard InChI is InChI=1S/C20H19BrN2O4/c21-15-5-3-14(4-6-15)20(8-1-9-20)19(25)23-22-18(24)13-2-7-16-17(12-13)27-11-10-26-16/h2-7,12H,1,8-11H2,(H,22,24)(H,23,25). The van der Waals surface area contributed by atoms with Crippen molar-refractivity contribution in [1.29, 1.82) is 0 Å². The van der Waals surface area contributed by atoms with Crippen molar-refractivity contribution in [2.24, 2.45) is 0 Å². The molecule has 140 valence electrons. The highest BCUT2D eigenvalue weighted by Gasteiger charge is 2.45. The van der Waals surface area contributed by atoms with Crippen molar-refractivity contribution in [3.05, 3.63) is 58.1 Å². The Bertz CT molecular complexity index is 878. The highest BCUT2D eigenvalue weighted by Crippen LogP contribution is 2.44. The van der Waals surface area contributed by atoms with Crippen LogP contribution in [0.4, 0.5) is 0 Å². The fourth-order valence-electron chi connectivity index (χ4n) is 3.44. The molecule has 1 heterocycles. The number of carbonyl (C=O) groups is 2. The first-order valence-corrected chi connectivity index (χ1v) is 9.64. The van der Waals surface area contributed by atoms with E-state index >= 15 is 0 Å². The largest absolute Gasteiger partial charge is 0.486 e. The van der Waals surface area contributed by atoms with Crippen molar-refractivity contribution in [3.63, 3.8) is 0 Å². The molecule has 1 aliphatic carbocycles. The molecule has 0 bridgehead atoms. The Kier molecular flexibility index (Phi) is 4.78. The van der Waals surface area contributed by atoms with Gasteiger partial charge in [0.25, 0.3) is 5.91 Å². The zero-order valence-corrected chi connectivity index (χ0v) is 16.2. The predicted octanol–water partition coefficient (Wildman–Crippen LogP) is 3.10. The summed E-state index contributed by atoms with van der Waals surface area (Å²) in [6, 6.07) is 12.7. The van der Waals surface area contributed by atoms with E-state index in [9.17, 15) is 9.59 Å². The van der Waals surface area contributed by atoms with Gasteiger partial charge in [-0.25, -0.2) is 0 Å². The number of nitrogens with one attached hydrogen (secondary N) is 2. The molecule has 0 radical (unpaired) electrons. The van der Waals surface area contributed by atoms with Gasteiger partial charge in [0, 0.05) is 10.0 Å². The summed E-state index contributed by atoms with van der Waals surface area (Å²) in [4.78, 5) is 25.2. The molecule has 1 saturated carbocycles. The van der Waals surface area contributed by atoms with Crippen LogP contribution in [0.25, 0.3) is 0 Å². The number of halogens is 1. The normalized spacial score (nSPS) is 16.8. The number of hydrogen-bond donors (Lipinski definition) is 2. The smallest absolute Gasteiger partial charge is 0.269 e. The highest BCUT2D eigenvalue weighted by atomic mass is 79.9. The minimum absolute atomic E-state index is 0.193. The molecule has 2 aliphatic rings. The number of hydrazine groups is 1. The minimum Gasteiger partial charge on any atom is -0.486 e. The van der Waals surface area contributed by atoms with Crippen LogP contribution in [0, 0.1) is 0 Å². The van der Waals surface area contributed by atoms with Gasteiger partial charge in [-0.15, -0.1) is 0 Å². The number of fused-ring (bicyclic) bond motifs is 1. The van der Waals surface area contributed by atoms with Crippen LogP contribution in [0.2, 0.25) is 0 Å². The van der Waals surface area contributed by atoms with E-state index in [-0.39, 0.29) is 5.91 Å². The molecule has 2 aromatic rings. The molecule has 0 unspecified atom stereocenters. The van der Waals surface area contributed by atoms with Gasteiger partial charge in [0.05, 0.1) is 5.41 Å². The van der Waals surface area contributed by atoms with Crippen molar-refractivity contribution in [2.75, 3.05) is 13.2 Å². The lowest BCUT2D eigenvalue weighted by Crippen LogP contribution is -2.54. The van der Waals surface area contributed by atoms with Gasteiger partial charge in [0.1, 0.15) is 13.2 Å². The van der Waals surface area contributed by atoms with Gasteiger partial charge in [-0.2, -0.15) is 0 Å². The van der Waals surface area contributed by atoms with Crippen molar-refractivity contribution >= 4 is 27.7 Å². The van der Waals surface area contributed by atoms with Gasteiger partial charge in [-0.1, -0.05) is 34.5 Å². The third-order valence-corrected chi connectivity index (χ3v) is 5.66. The summed E-state index contributed by atoms with van der Waals surface area (Å²) >= 11 is 3.41. The predicted molar refractivity (Wildman–Crippen MR) is 103 cm³/mol. The summed E-state index contributed by atoms with van der Waals surface area (Å²) in [5.41, 5.74) is 5.88. The van der Waals surface area contributed by atoms with Crippen LogP contribution in [0.15, 0.2) is 46.9 Å². The molecule has 27 heavy (non-hydrogen) atoms. The van der Waals surface area contributed by atoms with E-state index in [2.05, 4.69) is 26.8 Å². The molecule has 4 rings (SSSR count). The maximum Gasteiger partial charge on any atom is 0.269 e. The molecular weight excluding hydrogens is 412 g/mol. The molecule has 0 saturated heterocycles. The summed E-state index contributed by atoms with van der Waals surface area (Å²) < 4.78 is 11.9. The summed E-state index contributed by atoms with van der Waals surface area (Å²) in [6.45, 7) is 0.942. The Morgan fingerprint density at radius 3 is 2.30 bits per heavy atom. The molecule has 0 atom stereocenters. The Morgan fingerprint density at radius 2 is 1.63 bits per heavy atom. The molecule has 2 N–H and O–H groups in total. The summed E-state index contributed by atoms with van der Waals surface area (Å²) in [7, 11) is 0. The number of rotatable bonds is 3. The Balaban J connectivity index is 1.44. The lowest BCUT2D eigenvalue weighted by molar-refractivity contribution is -0.130. The second-order valence-electron chi connectivity index (χ2n) is 6.71. The molecule has 1 aliphatic heterocycles. The van der Waals surface area contributed by atoms with Gasteiger partial charge in [-0.3, -0.25) is 20.4 Å². The third-order valence-electron chi connectivity index (χ3n) is 5.13. The van der Waals surface area contributed by atoms with E-state index in [1.165, 1.54) is 0 Å². The summed E-state index contributed by atoms with van der Waals surface area (Å²) in [5.74, 6) is 0.559. The van der Waals surface area contributed by atoms with Gasteiger partial charge in [0.2, 0.25) is 5.91 Å². The quantitative estimate of drug-likeness (QED) is 0.733. The number of carbonyl (C=O) groups excluding carboxylic acids is 2. The van der Waals surface area contributed by atoms with Crippen molar-refractivity contribution < 1.29 is 19.1 Å². The molecule has 1 fully saturated rings. The van der Waals surface area contributed by atoms with E-state index in [0.717, 1.165) is 29.3 Å². The maximum absolute atomic E-state index is 12.8. The second-order valence-corrected chi connectivity index (χ2v) is 7.62. The summed E-state index contributed by atoms with van der Waals surface area (Å²) in [6.07, 6.45) is 2.51. The fraction of sp³-hybridized carbons (Fsp3) is 0.300. The second kappa shape index (κ2) is 7.23. The van der Waals surface area contributed by atoms with Crippen LogP contribution >= 0.6 is 15.9 Å². The molecular formula is C20H19BrN2O4. The van der Waals surface area contributed by atoms with Crippen LogP contribution < -0.4 is 20.3 Å². The first-order chi connectivity index (χ1) is 13.1. The average Bonchev–Trinajstić information content (AvgIpc) is 2.66. The van der Waals surface area contributed by atoms with Gasteiger partial charge < -0.3 is 9.47 Å². The molecule has 0 spiro atoms. The SMILES string of the molecule is O=C(NNC(=O)C1(c2ccc(Br)cc2)CCC1)c1ccc2c(c1)OCCO2. The van der Waals surface area contributed by atoms with Crippen LogP contribution in [0.3, 0.4) is 0 Å². The van der Waals surface area contributed by atoms with Crippen molar-refractivity contribution in [1.82, 2.24) is 10.9 Å². The van der Waals surface area contributed by atoms with E-state index < -0.39 is 11.3 Å². The molecule has 6 nitrogen and oxygen atoms in total. The van der Waals surface area contributed by atoms with Crippen molar-refractivity contribution in [3.8, 4) is 11.5 Å². The maximum atomic E-state index is 12.8. The van der Waals surface area contributed by atoms with E-state index in [0.29, 0.717) is 30.3 Å². The lowest BCUT2D eigenvalue weighted by Gasteiger charge is -2.40. The Labute approximate surface area is 165 Å². The zero-order valence-electron chi connectivity index (χ0n) is 14.6. The lowest BCUT2D eigenvalue weighted by atomic mass is 9.64. The summed E-state index contributed by atoms with van der Waals surface area (Å²) in [5, 5.41) is 0. The molecule has 2 amide bonds. The monoisotopic (exact) mass is 430 g/mol. The van der Waals surface area contributed by atoms with Gasteiger partial charge in [-0.05, 0) is 48.7 Å². The first-order valence-electron chi connectivity index (χ1n) is 8.85. The van der Waals surface area contributed by atoms with Crippen molar-refractivity contribution in [2.45, 2.75) is 24.7 Å². The van der Waals surface area contributed by atoms with Gasteiger partial charge >= 0.3 is 0 Å². The number of amides is 2. The zero-order chi connectivity index (χ0) is 18.9. The van der Waals surface area contributed by atoms with Crippen LogP contribution in [-0.2, 0) is 10.2 Å². The van der Waals surface area contributed by atoms with E-state index in [1.807, 2.05) is 24.3 Å². The topological polar surface area (TPSA) is 76.7 Å². The molecule has 7 heteroatoms. The first kappa shape index (κ1) is 17.9. The Hall–Kier alpha value is -2.54. The van der Waals surface area contributed by atoms with Crippen LogP contribution in [0.5, 0.6) is 11.5 Å². The van der Waals surface area contributed by atoms with Crippen LogP contribution in [0.1, 0.15) is 35.2 Å². The molecule has 0 aromatic heterocycles. The molecule has 2 aromatic carbocycles. The Morgan fingerprint density at radius 1 is 0.926 bits per heavy atom. The minimum atomic E-state index is -0.583. The number of ether oxygens (including phenoxy) is 2. The van der Waals surface area contributed by atoms with E-state index in [4.69, 9.17) is 9.47 Å². The highest BCUT2D eigenvalue weighted by molar-refractivity contribution is 9.10. The fourth-order valence-corrected chi connectivity index (χ4v) is 3.70. The van der Waals surface area contributed by atoms with Gasteiger partial charge in [0.15, 0.2) is 11.5 Å². The average molecular weight is 431 g/mol. The third kappa shape index (κ3) is 3.39. The van der Waals surface area contributed by atoms with E-state index in [1.54, 1.807) is 18.2 Å². The van der Waals surface area contributed by atoms with Crippen LogP contribution in [-0.4, -0.2) is 25.0 Å². The number of hydrogen-bond acceptors (Lipinski definition) is 4.